The van der Waals surface area contributed by atoms with Crippen molar-refractivity contribution in [2.24, 2.45) is 0 Å². The Kier molecular flexibility index (Phi) is 7.78. The van der Waals surface area contributed by atoms with Crippen molar-refractivity contribution in [2.45, 2.75) is 0 Å². The SMILES string of the molecule is c1ccc(-c2ccc3ccc4ccc(-c5cccc(-c6cccc(-n7nc(-c8ccccc8)c8c(-c9ccccc9)cc9ccccc9c87)c6)c5)nc4c3n2)cc1. The first-order valence-corrected chi connectivity index (χ1v) is 19.3. The first-order valence-electron chi connectivity index (χ1n) is 19.3. The zero-order valence-corrected chi connectivity index (χ0v) is 30.9. The Bertz CT molecular complexity index is 3280. The molecule has 0 bridgehead atoms. The van der Waals surface area contributed by atoms with Gasteiger partial charge in [0.05, 0.1) is 33.6 Å². The summed E-state index contributed by atoms with van der Waals surface area (Å²) in [6.45, 7) is 0. The molecule has 266 valence electrons. The molecule has 0 spiro atoms. The minimum Gasteiger partial charge on any atom is -0.245 e. The van der Waals surface area contributed by atoms with E-state index in [0.717, 1.165) is 88.7 Å². The second kappa shape index (κ2) is 13.6. The summed E-state index contributed by atoms with van der Waals surface area (Å²) in [6.07, 6.45) is 0. The molecule has 0 saturated heterocycles. The van der Waals surface area contributed by atoms with Gasteiger partial charge >= 0.3 is 0 Å². The number of hydrogen-bond acceptors (Lipinski definition) is 3. The first-order chi connectivity index (χ1) is 28.2. The third-order valence-corrected chi connectivity index (χ3v) is 11.0. The number of hydrogen-bond donors (Lipinski definition) is 0. The molecule has 0 aliphatic carbocycles. The van der Waals surface area contributed by atoms with Gasteiger partial charge in [-0.15, -0.1) is 0 Å². The van der Waals surface area contributed by atoms with E-state index in [9.17, 15) is 0 Å². The summed E-state index contributed by atoms with van der Waals surface area (Å²) in [5, 5.41) is 11.1. The molecule has 0 aliphatic heterocycles. The summed E-state index contributed by atoms with van der Waals surface area (Å²) in [6, 6.07) is 72.6. The number of aromatic nitrogens is 4. The lowest BCUT2D eigenvalue weighted by molar-refractivity contribution is 0.918. The lowest BCUT2D eigenvalue weighted by atomic mass is 9.94. The van der Waals surface area contributed by atoms with Crippen LogP contribution < -0.4 is 0 Å². The molecule has 0 N–H and O–H groups in total. The molecule has 11 rings (SSSR count). The van der Waals surface area contributed by atoms with Crippen molar-refractivity contribution >= 4 is 43.5 Å². The molecule has 0 atom stereocenters. The van der Waals surface area contributed by atoms with Crippen LogP contribution in [-0.2, 0) is 0 Å². The maximum atomic E-state index is 5.45. The summed E-state index contributed by atoms with van der Waals surface area (Å²) >= 11 is 0. The predicted molar refractivity (Wildman–Crippen MR) is 236 cm³/mol. The Labute approximate surface area is 330 Å². The molecule has 0 amide bonds. The van der Waals surface area contributed by atoms with E-state index in [1.165, 1.54) is 16.5 Å². The molecule has 0 radical (unpaired) electrons. The van der Waals surface area contributed by atoms with Gasteiger partial charge in [-0.05, 0) is 64.0 Å². The van der Waals surface area contributed by atoms with E-state index < -0.39 is 0 Å². The van der Waals surface area contributed by atoms with Crippen LogP contribution in [0.15, 0.2) is 206 Å². The van der Waals surface area contributed by atoms with Gasteiger partial charge < -0.3 is 0 Å². The third kappa shape index (κ3) is 5.74. The average molecular weight is 727 g/mol. The van der Waals surface area contributed by atoms with Crippen LogP contribution in [-0.4, -0.2) is 19.7 Å². The van der Waals surface area contributed by atoms with Crippen LogP contribution in [0.25, 0.3) is 105 Å². The molecule has 0 aliphatic rings. The van der Waals surface area contributed by atoms with Gasteiger partial charge in [-0.1, -0.05) is 170 Å². The molecule has 4 heteroatoms. The highest BCUT2D eigenvalue weighted by molar-refractivity contribution is 6.17. The normalized spacial score (nSPS) is 11.5. The van der Waals surface area contributed by atoms with E-state index in [4.69, 9.17) is 15.1 Å². The zero-order valence-electron chi connectivity index (χ0n) is 30.9. The van der Waals surface area contributed by atoms with Crippen molar-refractivity contribution < 1.29 is 0 Å². The number of fused-ring (bicyclic) bond motifs is 6. The second-order valence-corrected chi connectivity index (χ2v) is 14.5. The number of pyridine rings is 2. The van der Waals surface area contributed by atoms with Crippen LogP contribution in [0.1, 0.15) is 0 Å². The Morgan fingerprint density at radius 1 is 0.351 bits per heavy atom. The molecule has 8 aromatic carbocycles. The summed E-state index contributed by atoms with van der Waals surface area (Å²) in [4.78, 5) is 10.4. The Morgan fingerprint density at radius 3 is 1.58 bits per heavy atom. The van der Waals surface area contributed by atoms with Crippen molar-refractivity contribution in [2.75, 3.05) is 0 Å². The van der Waals surface area contributed by atoms with Crippen molar-refractivity contribution in [1.82, 2.24) is 19.7 Å². The molecule has 0 saturated carbocycles. The van der Waals surface area contributed by atoms with E-state index in [-0.39, 0.29) is 0 Å². The largest absolute Gasteiger partial charge is 0.245 e. The van der Waals surface area contributed by atoms with Gasteiger partial charge in [-0.25, -0.2) is 14.6 Å². The van der Waals surface area contributed by atoms with Gasteiger partial charge in [0.1, 0.15) is 5.69 Å². The predicted octanol–water partition coefficient (Wildman–Crippen LogP) is 13.6. The molecule has 4 nitrogen and oxygen atoms in total. The minimum absolute atomic E-state index is 0.900. The number of rotatable bonds is 6. The second-order valence-electron chi connectivity index (χ2n) is 14.5. The molecular formula is C53H34N4. The maximum Gasteiger partial charge on any atom is 0.101 e. The molecule has 3 aromatic heterocycles. The highest BCUT2D eigenvalue weighted by Gasteiger charge is 2.21. The van der Waals surface area contributed by atoms with Gasteiger partial charge in [-0.2, -0.15) is 5.10 Å². The van der Waals surface area contributed by atoms with Crippen LogP contribution in [0.2, 0.25) is 0 Å². The van der Waals surface area contributed by atoms with Crippen molar-refractivity contribution in [3.05, 3.63) is 206 Å². The van der Waals surface area contributed by atoms with E-state index in [1.54, 1.807) is 0 Å². The van der Waals surface area contributed by atoms with Gasteiger partial charge in [0.15, 0.2) is 0 Å². The summed E-state index contributed by atoms with van der Waals surface area (Å²) in [5.74, 6) is 0. The van der Waals surface area contributed by atoms with Crippen molar-refractivity contribution in [3.63, 3.8) is 0 Å². The minimum atomic E-state index is 0.900. The number of benzene rings is 8. The van der Waals surface area contributed by atoms with Crippen LogP contribution in [0.3, 0.4) is 0 Å². The quantitative estimate of drug-likeness (QED) is 0.160. The van der Waals surface area contributed by atoms with E-state index in [2.05, 4.69) is 193 Å². The van der Waals surface area contributed by atoms with Crippen LogP contribution in [0, 0.1) is 0 Å². The van der Waals surface area contributed by atoms with E-state index >= 15 is 0 Å². The standard InChI is InChI=1S/C53H34N4/c1-4-14-35(15-5-1)46-34-42-20-10-11-25-45(42)53-49(46)50(37-18-8-3-9-19-37)56-57(53)44-24-13-22-41(33-44)40-21-12-23-43(32-40)48-31-29-39-27-26-38-28-30-47(36-16-6-2-7-17-36)54-51(38)52(39)55-48/h1-34H. The highest BCUT2D eigenvalue weighted by atomic mass is 15.3. The number of nitrogens with zero attached hydrogens (tertiary/aromatic N) is 4. The van der Waals surface area contributed by atoms with Crippen LogP contribution >= 0.6 is 0 Å². The van der Waals surface area contributed by atoms with Crippen LogP contribution in [0.5, 0.6) is 0 Å². The fourth-order valence-corrected chi connectivity index (χ4v) is 8.19. The Balaban J connectivity index is 1.05. The fourth-order valence-electron chi connectivity index (χ4n) is 8.19. The zero-order chi connectivity index (χ0) is 37.7. The van der Waals surface area contributed by atoms with Gasteiger partial charge in [-0.3, -0.25) is 0 Å². The maximum absolute atomic E-state index is 5.45. The highest BCUT2D eigenvalue weighted by Crippen LogP contribution is 2.42. The molecule has 11 aromatic rings. The summed E-state index contributed by atoms with van der Waals surface area (Å²) in [7, 11) is 0. The van der Waals surface area contributed by atoms with Gasteiger partial charge in [0.25, 0.3) is 0 Å². The average Bonchev–Trinajstić information content (AvgIpc) is 3.71. The van der Waals surface area contributed by atoms with Crippen molar-refractivity contribution in [1.29, 1.82) is 0 Å². The first kappa shape index (κ1) is 32.7. The van der Waals surface area contributed by atoms with Gasteiger partial charge in [0, 0.05) is 38.2 Å². The van der Waals surface area contributed by atoms with E-state index in [1.807, 2.05) is 18.2 Å². The molecule has 0 unspecified atom stereocenters. The van der Waals surface area contributed by atoms with E-state index in [0.29, 0.717) is 0 Å². The Hall–Kier alpha value is -7.69. The fraction of sp³-hybridized carbons (Fsp3) is 0. The molecule has 0 fully saturated rings. The lowest BCUT2D eigenvalue weighted by Gasteiger charge is -2.12. The smallest absolute Gasteiger partial charge is 0.101 e. The summed E-state index contributed by atoms with van der Waals surface area (Å²) in [5.41, 5.74) is 14.5. The third-order valence-electron chi connectivity index (χ3n) is 11.0. The van der Waals surface area contributed by atoms with Gasteiger partial charge in [0.2, 0.25) is 0 Å². The summed E-state index contributed by atoms with van der Waals surface area (Å²) < 4.78 is 2.15. The van der Waals surface area contributed by atoms with Crippen molar-refractivity contribution in [3.8, 4) is 61.7 Å². The molecule has 3 heterocycles. The monoisotopic (exact) mass is 726 g/mol. The Morgan fingerprint density at radius 2 is 0.877 bits per heavy atom. The molecular weight excluding hydrogens is 693 g/mol. The van der Waals surface area contributed by atoms with Crippen LogP contribution in [0.4, 0.5) is 0 Å². The lowest BCUT2D eigenvalue weighted by Crippen LogP contribution is -1.98. The molecule has 57 heavy (non-hydrogen) atoms. The topological polar surface area (TPSA) is 43.6 Å².